The van der Waals surface area contributed by atoms with E-state index in [-0.39, 0.29) is 11.9 Å². The molecular weight excluding hydrogens is 330 g/mol. The third-order valence-electron chi connectivity index (χ3n) is 3.70. The van der Waals surface area contributed by atoms with Gasteiger partial charge in [0.05, 0.1) is 0 Å². The molecule has 5 heteroatoms. The molecule has 1 aromatic rings. The molecule has 1 aliphatic rings. The molecule has 116 valence electrons. The molecule has 0 radical (unpaired) electrons. The van der Waals surface area contributed by atoms with Crippen LogP contribution in [0.4, 0.5) is 5.69 Å². The van der Waals surface area contributed by atoms with Gasteiger partial charge in [0.2, 0.25) is 5.91 Å². The van der Waals surface area contributed by atoms with Crippen LogP contribution >= 0.6 is 15.9 Å². The van der Waals surface area contributed by atoms with E-state index in [4.69, 9.17) is 0 Å². The zero-order valence-corrected chi connectivity index (χ0v) is 14.5. The van der Waals surface area contributed by atoms with Gasteiger partial charge >= 0.3 is 0 Å². The fraction of sp³-hybridized carbons (Fsp3) is 0.562. The van der Waals surface area contributed by atoms with Crippen LogP contribution in [0, 0.1) is 0 Å². The van der Waals surface area contributed by atoms with Crippen molar-refractivity contribution in [1.29, 1.82) is 0 Å². The number of anilines is 1. The van der Waals surface area contributed by atoms with Crippen molar-refractivity contribution in [2.75, 3.05) is 18.0 Å². The molecule has 1 aliphatic heterocycles. The maximum Gasteiger partial charge on any atom is 0.217 e. The highest BCUT2D eigenvalue weighted by Gasteiger charge is 2.23. The van der Waals surface area contributed by atoms with Crippen molar-refractivity contribution in [2.45, 2.75) is 45.8 Å². The molecule has 0 aliphatic carbocycles. The lowest BCUT2D eigenvalue weighted by Crippen LogP contribution is -2.35. The van der Waals surface area contributed by atoms with Crippen molar-refractivity contribution in [3.05, 3.63) is 28.2 Å². The molecule has 0 saturated carbocycles. The summed E-state index contributed by atoms with van der Waals surface area (Å²) < 4.78 is 1.14. The Morgan fingerprint density at radius 2 is 2.24 bits per heavy atom. The molecule has 1 amide bonds. The number of carbonyl (C=O) groups is 1. The molecular formula is C16H24BrN3O. The number of hydrogen-bond donors (Lipinski definition) is 2. The van der Waals surface area contributed by atoms with Crippen LogP contribution in [-0.4, -0.2) is 31.1 Å². The Bertz CT molecular complexity index is 504. The number of halogens is 1. The summed E-state index contributed by atoms with van der Waals surface area (Å²) in [5, 5.41) is 6.43. The topological polar surface area (TPSA) is 44.4 Å². The van der Waals surface area contributed by atoms with E-state index in [1.54, 1.807) is 6.92 Å². The number of carbonyl (C=O) groups excluding carboxylic acids is 1. The predicted octanol–water partition coefficient (Wildman–Crippen LogP) is 2.66. The van der Waals surface area contributed by atoms with E-state index in [2.05, 4.69) is 63.5 Å². The normalized spacial score (nSPS) is 18.3. The largest absolute Gasteiger partial charge is 0.369 e. The molecule has 4 nitrogen and oxygen atoms in total. The Balaban J connectivity index is 1.98. The van der Waals surface area contributed by atoms with Crippen molar-refractivity contribution in [3.63, 3.8) is 0 Å². The summed E-state index contributed by atoms with van der Waals surface area (Å²) in [6.45, 7) is 8.61. The lowest BCUT2D eigenvalue weighted by atomic mass is 10.2. The number of benzene rings is 1. The van der Waals surface area contributed by atoms with Crippen LogP contribution in [0.2, 0.25) is 0 Å². The minimum atomic E-state index is 0.0538. The van der Waals surface area contributed by atoms with Gasteiger partial charge in [-0.15, -0.1) is 0 Å². The Morgan fingerprint density at radius 1 is 1.48 bits per heavy atom. The van der Waals surface area contributed by atoms with Gasteiger partial charge in [-0.3, -0.25) is 4.79 Å². The van der Waals surface area contributed by atoms with Crippen molar-refractivity contribution in [1.82, 2.24) is 10.6 Å². The van der Waals surface area contributed by atoms with Crippen LogP contribution in [0.15, 0.2) is 22.7 Å². The third-order valence-corrected chi connectivity index (χ3v) is 4.44. The molecule has 1 saturated heterocycles. The SMILES string of the molecule is CC(=O)NC1CCN(c2ccc(CNC(C)C)c(Br)c2)C1. The summed E-state index contributed by atoms with van der Waals surface area (Å²) in [4.78, 5) is 13.4. The van der Waals surface area contributed by atoms with Crippen LogP contribution < -0.4 is 15.5 Å². The quantitative estimate of drug-likeness (QED) is 0.855. The molecule has 0 aromatic heterocycles. The fourth-order valence-electron chi connectivity index (χ4n) is 2.59. The average molecular weight is 354 g/mol. The van der Waals surface area contributed by atoms with Gasteiger partial charge in [0.15, 0.2) is 0 Å². The van der Waals surface area contributed by atoms with E-state index in [9.17, 15) is 4.79 Å². The van der Waals surface area contributed by atoms with Crippen molar-refractivity contribution < 1.29 is 4.79 Å². The van der Waals surface area contributed by atoms with Crippen LogP contribution in [0.5, 0.6) is 0 Å². The second-order valence-corrected chi connectivity index (χ2v) is 6.80. The first-order valence-corrected chi connectivity index (χ1v) is 8.29. The monoisotopic (exact) mass is 353 g/mol. The number of nitrogens with one attached hydrogen (secondary N) is 2. The summed E-state index contributed by atoms with van der Waals surface area (Å²) in [5.74, 6) is 0.0538. The van der Waals surface area contributed by atoms with Crippen LogP contribution in [-0.2, 0) is 11.3 Å². The third kappa shape index (κ3) is 4.71. The Hall–Kier alpha value is -1.07. The van der Waals surface area contributed by atoms with Crippen molar-refractivity contribution in [3.8, 4) is 0 Å². The van der Waals surface area contributed by atoms with Crippen LogP contribution in [0.3, 0.4) is 0 Å². The smallest absolute Gasteiger partial charge is 0.217 e. The van der Waals surface area contributed by atoms with Crippen LogP contribution in [0.25, 0.3) is 0 Å². The lowest BCUT2D eigenvalue weighted by Gasteiger charge is -2.20. The van der Waals surface area contributed by atoms with Gasteiger partial charge in [-0.1, -0.05) is 35.8 Å². The second-order valence-electron chi connectivity index (χ2n) is 5.94. The summed E-state index contributed by atoms with van der Waals surface area (Å²) in [6.07, 6.45) is 1.01. The summed E-state index contributed by atoms with van der Waals surface area (Å²) >= 11 is 3.66. The van der Waals surface area contributed by atoms with Gasteiger partial charge < -0.3 is 15.5 Å². The Labute approximate surface area is 135 Å². The Kier molecular flexibility index (Phi) is 5.65. The molecule has 2 N–H and O–H groups in total. The van der Waals surface area contributed by atoms with Gasteiger partial charge in [-0.2, -0.15) is 0 Å². The molecule has 1 unspecified atom stereocenters. The number of hydrogen-bond acceptors (Lipinski definition) is 3. The Morgan fingerprint density at radius 3 is 2.86 bits per heavy atom. The molecule has 0 spiro atoms. The highest BCUT2D eigenvalue weighted by atomic mass is 79.9. The number of amides is 1. The lowest BCUT2D eigenvalue weighted by molar-refractivity contribution is -0.119. The molecule has 21 heavy (non-hydrogen) atoms. The van der Waals surface area contributed by atoms with Gasteiger partial charge in [0.1, 0.15) is 0 Å². The van der Waals surface area contributed by atoms with Gasteiger partial charge in [0, 0.05) is 48.8 Å². The zero-order chi connectivity index (χ0) is 15.4. The van der Waals surface area contributed by atoms with Crippen LogP contribution in [0.1, 0.15) is 32.8 Å². The van der Waals surface area contributed by atoms with E-state index in [0.29, 0.717) is 6.04 Å². The van der Waals surface area contributed by atoms with E-state index >= 15 is 0 Å². The first kappa shape index (κ1) is 16.3. The zero-order valence-electron chi connectivity index (χ0n) is 12.9. The maximum absolute atomic E-state index is 11.1. The molecule has 1 heterocycles. The van der Waals surface area contributed by atoms with Crippen molar-refractivity contribution >= 4 is 27.5 Å². The first-order chi connectivity index (χ1) is 9.95. The first-order valence-electron chi connectivity index (χ1n) is 7.49. The number of rotatable bonds is 5. The molecule has 0 bridgehead atoms. The summed E-state index contributed by atoms with van der Waals surface area (Å²) in [7, 11) is 0. The molecule has 1 atom stereocenters. The van der Waals surface area contributed by atoms with E-state index in [1.165, 1.54) is 11.3 Å². The number of nitrogens with zero attached hydrogens (tertiary/aromatic N) is 1. The van der Waals surface area contributed by atoms with Crippen molar-refractivity contribution in [2.24, 2.45) is 0 Å². The van der Waals surface area contributed by atoms with E-state index < -0.39 is 0 Å². The molecule has 1 aromatic carbocycles. The summed E-state index contributed by atoms with van der Waals surface area (Å²) in [6, 6.07) is 7.25. The fourth-order valence-corrected chi connectivity index (χ4v) is 3.10. The predicted molar refractivity (Wildman–Crippen MR) is 90.6 cm³/mol. The van der Waals surface area contributed by atoms with E-state index in [0.717, 1.165) is 30.5 Å². The summed E-state index contributed by atoms with van der Waals surface area (Å²) in [5.41, 5.74) is 2.48. The average Bonchev–Trinajstić information content (AvgIpc) is 2.84. The maximum atomic E-state index is 11.1. The van der Waals surface area contributed by atoms with E-state index in [1.807, 2.05) is 0 Å². The molecule has 2 rings (SSSR count). The minimum Gasteiger partial charge on any atom is -0.369 e. The molecule has 1 fully saturated rings. The standard InChI is InChI=1S/C16H24BrN3O/c1-11(2)18-9-13-4-5-15(8-16(13)17)20-7-6-14(10-20)19-12(3)21/h4-5,8,11,14,18H,6-7,9-10H2,1-3H3,(H,19,21). The minimum absolute atomic E-state index is 0.0538. The second kappa shape index (κ2) is 7.27. The highest BCUT2D eigenvalue weighted by molar-refractivity contribution is 9.10. The highest BCUT2D eigenvalue weighted by Crippen LogP contribution is 2.27. The van der Waals surface area contributed by atoms with Gasteiger partial charge in [-0.25, -0.2) is 0 Å². The van der Waals surface area contributed by atoms with Gasteiger partial charge in [0.25, 0.3) is 0 Å². The van der Waals surface area contributed by atoms with Gasteiger partial charge in [-0.05, 0) is 24.1 Å².